The molecule has 0 spiro atoms. The Morgan fingerprint density at radius 3 is 3.00 bits per heavy atom. The van der Waals surface area contributed by atoms with Crippen molar-refractivity contribution in [2.75, 3.05) is 0 Å². The van der Waals surface area contributed by atoms with E-state index in [-0.39, 0.29) is 12.1 Å². The molecule has 0 aliphatic carbocycles. The Balaban J connectivity index is 2.91. The van der Waals surface area contributed by atoms with Crippen molar-refractivity contribution in [3.05, 3.63) is 28.4 Å². The fourth-order valence-corrected chi connectivity index (χ4v) is 1.16. The smallest absolute Gasteiger partial charge is 0.253 e. The minimum atomic E-state index is -0.693. The van der Waals surface area contributed by atoms with Gasteiger partial charge >= 0.3 is 0 Å². The fraction of sp³-hybridized carbons (Fsp3) is 0.444. The summed E-state index contributed by atoms with van der Waals surface area (Å²) in [7, 11) is 0. The maximum atomic E-state index is 11.4. The zero-order chi connectivity index (χ0) is 10.6. The monoisotopic (exact) mass is 211 g/mol. The quantitative estimate of drug-likeness (QED) is 0.699. The van der Waals surface area contributed by atoms with Crippen LogP contribution in [0.15, 0.2) is 17.2 Å². The van der Waals surface area contributed by atoms with Gasteiger partial charge in [-0.2, -0.15) is 5.26 Å². The number of nitrogens with zero attached hydrogens (tertiary/aromatic N) is 3. The van der Waals surface area contributed by atoms with E-state index in [1.165, 1.54) is 17.0 Å². The molecule has 1 aromatic heterocycles. The summed E-state index contributed by atoms with van der Waals surface area (Å²) in [5.41, 5.74) is 0.576. The molecular weight excluding hydrogens is 202 g/mol. The minimum absolute atomic E-state index is 0.169. The van der Waals surface area contributed by atoms with Gasteiger partial charge in [0.05, 0.1) is 18.9 Å². The molecule has 0 aliphatic rings. The van der Waals surface area contributed by atoms with Crippen molar-refractivity contribution in [1.82, 2.24) is 9.55 Å². The van der Waals surface area contributed by atoms with Gasteiger partial charge in [0, 0.05) is 11.8 Å². The second kappa shape index (κ2) is 4.77. The summed E-state index contributed by atoms with van der Waals surface area (Å²) in [6.07, 6.45) is 2.15. The Bertz CT molecular complexity index is 407. The molecule has 14 heavy (non-hydrogen) atoms. The average Bonchev–Trinajstić information content (AvgIpc) is 2.20. The molecule has 4 nitrogen and oxygen atoms in total. The first-order valence-corrected chi connectivity index (χ1v) is 4.70. The van der Waals surface area contributed by atoms with Crippen LogP contribution in [-0.4, -0.2) is 14.9 Å². The summed E-state index contributed by atoms with van der Waals surface area (Å²) in [6, 6.07) is 3.31. The van der Waals surface area contributed by atoms with E-state index in [9.17, 15) is 4.79 Å². The van der Waals surface area contributed by atoms with Gasteiger partial charge in [0.15, 0.2) is 0 Å². The van der Waals surface area contributed by atoms with Gasteiger partial charge < -0.3 is 0 Å². The van der Waals surface area contributed by atoms with Crippen LogP contribution in [0.1, 0.15) is 12.6 Å². The summed E-state index contributed by atoms with van der Waals surface area (Å²) < 4.78 is 1.33. The topological polar surface area (TPSA) is 58.7 Å². The first kappa shape index (κ1) is 10.7. The first-order chi connectivity index (χ1) is 6.67. The number of nitriles is 1. The normalized spacial score (nSPS) is 12.1. The Kier molecular flexibility index (Phi) is 3.66. The molecule has 1 atom stereocenters. The molecule has 0 aromatic carbocycles. The van der Waals surface area contributed by atoms with E-state index in [2.05, 4.69) is 4.98 Å². The summed E-state index contributed by atoms with van der Waals surface area (Å²) in [6.45, 7) is 2.10. The molecule has 1 unspecified atom stereocenters. The largest absolute Gasteiger partial charge is 0.297 e. The van der Waals surface area contributed by atoms with Crippen molar-refractivity contribution < 1.29 is 0 Å². The van der Waals surface area contributed by atoms with Crippen molar-refractivity contribution in [3.63, 3.8) is 0 Å². The van der Waals surface area contributed by atoms with Crippen LogP contribution in [0.5, 0.6) is 0 Å². The van der Waals surface area contributed by atoms with Gasteiger partial charge in [-0.15, -0.1) is 11.6 Å². The minimum Gasteiger partial charge on any atom is -0.297 e. The summed E-state index contributed by atoms with van der Waals surface area (Å²) in [4.78, 5) is 15.4. The molecule has 0 aliphatic heterocycles. The molecule has 1 rings (SSSR count). The van der Waals surface area contributed by atoms with E-state index in [0.717, 1.165) is 12.1 Å². The molecular formula is C9H10ClN3O. The van der Waals surface area contributed by atoms with Gasteiger partial charge in [0.2, 0.25) is 0 Å². The number of aryl methyl sites for hydroxylation is 1. The lowest BCUT2D eigenvalue weighted by Crippen LogP contribution is -2.24. The highest BCUT2D eigenvalue weighted by Gasteiger charge is 2.05. The van der Waals surface area contributed by atoms with E-state index < -0.39 is 5.38 Å². The number of rotatable bonds is 3. The lowest BCUT2D eigenvalue weighted by Gasteiger charge is -2.04. The third-order valence-corrected chi connectivity index (χ3v) is 2.03. The van der Waals surface area contributed by atoms with Gasteiger partial charge in [0.1, 0.15) is 5.38 Å². The van der Waals surface area contributed by atoms with E-state index in [4.69, 9.17) is 16.9 Å². The molecule has 0 saturated heterocycles. The van der Waals surface area contributed by atoms with Crippen molar-refractivity contribution in [2.24, 2.45) is 0 Å². The molecule has 0 N–H and O–H groups in total. The van der Waals surface area contributed by atoms with Gasteiger partial charge in [-0.1, -0.05) is 6.92 Å². The van der Waals surface area contributed by atoms with Gasteiger partial charge in [-0.05, 0) is 6.42 Å². The zero-order valence-electron chi connectivity index (χ0n) is 7.77. The molecule has 74 valence electrons. The Hall–Kier alpha value is -1.34. The van der Waals surface area contributed by atoms with E-state index >= 15 is 0 Å². The van der Waals surface area contributed by atoms with Crippen LogP contribution in [0.25, 0.3) is 0 Å². The zero-order valence-corrected chi connectivity index (χ0v) is 8.53. The third-order valence-electron chi connectivity index (χ3n) is 1.80. The average molecular weight is 212 g/mol. The second-order valence-corrected chi connectivity index (χ2v) is 3.35. The Labute approximate surface area is 86.8 Å². The maximum Gasteiger partial charge on any atom is 0.253 e. The number of aromatic nitrogens is 2. The van der Waals surface area contributed by atoms with Crippen LogP contribution in [0.2, 0.25) is 0 Å². The maximum absolute atomic E-state index is 11.4. The summed E-state index contributed by atoms with van der Waals surface area (Å²) >= 11 is 5.60. The molecule has 0 fully saturated rings. The van der Waals surface area contributed by atoms with Crippen LogP contribution in [0, 0.1) is 11.3 Å². The molecule has 5 heteroatoms. The lowest BCUT2D eigenvalue weighted by atomic mass is 10.3. The molecule has 0 radical (unpaired) electrons. The van der Waals surface area contributed by atoms with Crippen LogP contribution in [0.3, 0.4) is 0 Å². The summed E-state index contributed by atoms with van der Waals surface area (Å²) in [5, 5.41) is 7.78. The van der Waals surface area contributed by atoms with Crippen LogP contribution < -0.4 is 5.56 Å². The second-order valence-electron chi connectivity index (χ2n) is 2.82. The highest BCUT2D eigenvalue weighted by molar-refractivity contribution is 6.22. The Morgan fingerprint density at radius 1 is 1.79 bits per heavy atom. The molecule has 1 aromatic rings. The van der Waals surface area contributed by atoms with Gasteiger partial charge in [-0.25, -0.2) is 4.98 Å². The molecule has 1 heterocycles. The standard InChI is InChI=1S/C9H10ClN3O/c1-2-8-3-9(14)13(6-12-8)5-7(10)4-11/h3,6-7H,2,5H2,1H3. The van der Waals surface area contributed by atoms with Crippen molar-refractivity contribution in [2.45, 2.75) is 25.3 Å². The van der Waals surface area contributed by atoms with E-state index in [1.54, 1.807) is 0 Å². The predicted molar refractivity (Wildman–Crippen MR) is 53.1 cm³/mol. The highest BCUT2D eigenvalue weighted by atomic mass is 35.5. The molecule has 0 bridgehead atoms. The van der Waals surface area contributed by atoms with E-state index in [0.29, 0.717) is 0 Å². The van der Waals surface area contributed by atoms with Crippen molar-refractivity contribution in [1.29, 1.82) is 5.26 Å². The lowest BCUT2D eigenvalue weighted by molar-refractivity contribution is 0.667. The summed E-state index contributed by atoms with van der Waals surface area (Å²) in [5.74, 6) is 0. The Morgan fingerprint density at radius 2 is 2.50 bits per heavy atom. The van der Waals surface area contributed by atoms with Crippen LogP contribution >= 0.6 is 11.6 Å². The van der Waals surface area contributed by atoms with Crippen molar-refractivity contribution >= 4 is 11.6 Å². The molecule has 0 saturated carbocycles. The first-order valence-electron chi connectivity index (χ1n) is 4.26. The highest BCUT2D eigenvalue weighted by Crippen LogP contribution is 1.97. The van der Waals surface area contributed by atoms with Crippen LogP contribution in [0.4, 0.5) is 0 Å². The fourth-order valence-electron chi connectivity index (χ4n) is 1.01. The molecule has 0 amide bonds. The van der Waals surface area contributed by atoms with Crippen LogP contribution in [-0.2, 0) is 13.0 Å². The van der Waals surface area contributed by atoms with Crippen molar-refractivity contribution in [3.8, 4) is 6.07 Å². The number of hydrogen-bond acceptors (Lipinski definition) is 3. The van der Waals surface area contributed by atoms with Gasteiger partial charge in [0.25, 0.3) is 5.56 Å². The number of hydrogen-bond donors (Lipinski definition) is 0. The number of halogens is 1. The SMILES string of the molecule is CCc1cc(=O)n(CC(Cl)C#N)cn1. The van der Waals surface area contributed by atoms with E-state index in [1.807, 2.05) is 13.0 Å². The number of alkyl halides is 1. The van der Waals surface area contributed by atoms with Gasteiger partial charge in [-0.3, -0.25) is 9.36 Å². The predicted octanol–water partition coefficient (Wildman–Crippen LogP) is 0.937. The third kappa shape index (κ3) is 2.57.